The fourth-order valence-electron chi connectivity index (χ4n) is 1.97. The highest BCUT2D eigenvalue weighted by molar-refractivity contribution is 7.89. The van der Waals surface area contributed by atoms with Gasteiger partial charge in [0.1, 0.15) is 0 Å². The van der Waals surface area contributed by atoms with E-state index < -0.39 is 10.0 Å². The Morgan fingerprint density at radius 1 is 1.19 bits per heavy atom. The van der Waals surface area contributed by atoms with Gasteiger partial charge < -0.3 is 5.32 Å². The summed E-state index contributed by atoms with van der Waals surface area (Å²) in [5.74, 6) is 0. The molecule has 0 atom stereocenters. The van der Waals surface area contributed by atoms with E-state index in [9.17, 15) is 8.42 Å². The predicted molar refractivity (Wildman–Crippen MR) is 86.9 cm³/mol. The highest BCUT2D eigenvalue weighted by Gasteiger charge is 2.17. The Labute approximate surface area is 130 Å². The second-order valence-corrected chi connectivity index (χ2v) is 7.55. The molecule has 0 saturated carbocycles. The summed E-state index contributed by atoms with van der Waals surface area (Å²) in [6, 6.07) is 9.38. The molecular weight excluding hydrogens is 304 g/mol. The Morgan fingerprint density at radius 3 is 2.67 bits per heavy atom. The summed E-state index contributed by atoms with van der Waals surface area (Å²) in [6.45, 7) is 5.69. The number of rotatable bonds is 7. The van der Waals surface area contributed by atoms with E-state index in [4.69, 9.17) is 0 Å². The number of hydrogen-bond donors (Lipinski definition) is 2. The molecule has 0 aliphatic rings. The van der Waals surface area contributed by atoms with Gasteiger partial charge in [0.2, 0.25) is 10.0 Å². The first kappa shape index (κ1) is 16.2. The third kappa shape index (κ3) is 4.38. The summed E-state index contributed by atoms with van der Waals surface area (Å²) in [4.78, 5) is 1.36. The van der Waals surface area contributed by atoms with Crippen molar-refractivity contribution in [3.8, 4) is 0 Å². The van der Waals surface area contributed by atoms with Crippen molar-refractivity contribution in [3.63, 3.8) is 0 Å². The minimum absolute atomic E-state index is 0.330. The van der Waals surface area contributed by atoms with Crippen LogP contribution in [-0.4, -0.2) is 15.0 Å². The molecular formula is C15H20N2O2S2. The van der Waals surface area contributed by atoms with E-state index in [1.165, 1.54) is 0 Å². The second kappa shape index (κ2) is 7.17. The van der Waals surface area contributed by atoms with Crippen LogP contribution < -0.4 is 10.0 Å². The maximum absolute atomic E-state index is 12.4. The normalized spacial score (nSPS) is 11.7. The number of sulfonamides is 1. The van der Waals surface area contributed by atoms with Crippen LogP contribution in [0.5, 0.6) is 0 Å². The Kier molecular flexibility index (Phi) is 5.52. The molecule has 1 aromatic heterocycles. The van der Waals surface area contributed by atoms with Crippen molar-refractivity contribution in [2.24, 2.45) is 0 Å². The standard InChI is InChI=1S/C15H20N2O2S2/c1-3-16-10-13-7-6-12(2)15(9-13)21(18,19)17-11-14-5-4-8-20-14/h4-9,16-17H,3,10-11H2,1-2H3. The van der Waals surface area contributed by atoms with Crippen LogP contribution in [0, 0.1) is 6.92 Å². The highest BCUT2D eigenvalue weighted by atomic mass is 32.2. The molecule has 0 fully saturated rings. The van der Waals surface area contributed by atoms with E-state index in [-0.39, 0.29) is 0 Å². The SMILES string of the molecule is CCNCc1ccc(C)c(S(=O)(=O)NCc2cccs2)c1. The lowest BCUT2D eigenvalue weighted by molar-refractivity contribution is 0.581. The van der Waals surface area contributed by atoms with E-state index >= 15 is 0 Å². The summed E-state index contributed by atoms with van der Waals surface area (Å²) in [5, 5.41) is 5.14. The first-order chi connectivity index (χ1) is 10.0. The molecule has 0 spiro atoms. The smallest absolute Gasteiger partial charge is 0.241 e. The molecule has 0 amide bonds. The van der Waals surface area contributed by atoms with Gasteiger partial charge in [-0.05, 0) is 42.1 Å². The molecule has 2 aromatic rings. The van der Waals surface area contributed by atoms with Crippen LogP contribution in [0.25, 0.3) is 0 Å². The lowest BCUT2D eigenvalue weighted by atomic mass is 10.1. The van der Waals surface area contributed by atoms with Crippen molar-refractivity contribution in [2.75, 3.05) is 6.54 Å². The van der Waals surface area contributed by atoms with Gasteiger partial charge >= 0.3 is 0 Å². The average Bonchev–Trinajstić information content (AvgIpc) is 2.97. The quantitative estimate of drug-likeness (QED) is 0.823. The van der Waals surface area contributed by atoms with Crippen molar-refractivity contribution in [2.45, 2.75) is 31.8 Å². The maximum Gasteiger partial charge on any atom is 0.241 e. The minimum Gasteiger partial charge on any atom is -0.313 e. The molecule has 6 heteroatoms. The summed E-state index contributed by atoms with van der Waals surface area (Å²) < 4.78 is 27.6. The number of benzene rings is 1. The first-order valence-electron chi connectivity index (χ1n) is 6.85. The Bertz CT molecular complexity index is 680. The number of thiophene rings is 1. The summed E-state index contributed by atoms with van der Waals surface area (Å²) in [7, 11) is -3.49. The van der Waals surface area contributed by atoms with Crippen molar-refractivity contribution in [1.29, 1.82) is 0 Å². The highest BCUT2D eigenvalue weighted by Crippen LogP contribution is 2.18. The third-order valence-electron chi connectivity index (χ3n) is 3.14. The lowest BCUT2D eigenvalue weighted by Gasteiger charge is -2.11. The molecule has 2 N–H and O–H groups in total. The Balaban J connectivity index is 2.17. The van der Waals surface area contributed by atoms with Gasteiger partial charge in [0, 0.05) is 18.0 Å². The van der Waals surface area contributed by atoms with E-state index in [0.29, 0.717) is 18.0 Å². The zero-order valence-electron chi connectivity index (χ0n) is 12.2. The fraction of sp³-hybridized carbons (Fsp3) is 0.333. The molecule has 1 aromatic carbocycles. The molecule has 0 unspecified atom stereocenters. The summed E-state index contributed by atoms with van der Waals surface area (Å²) in [5.41, 5.74) is 1.73. The molecule has 2 rings (SSSR count). The van der Waals surface area contributed by atoms with Gasteiger partial charge in [-0.25, -0.2) is 13.1 Å². The van der Waals surface area contributed by atoms with Crippen molar-refractivity contribution >= 4 is 21.4 Å². The van der Waals surface area contributed by atoms with E-state index in [0.717, 1.165) is 22.5 Å². The van der Waals surface area contributed by atoms with E-state index in [1.807, 2.05) is 43.5 Å². The molecule has 0 aliphatic heterocycles. The van der Waals surface area contributed by atoms with Gasteiger partial charge in [0.15, 0.2) is 0 Å². The molecule has 0 saturated heterocycles. The predicted octanol–water partition coefficient (Wildman–Crippen LogP) is 2.64. The van der Waals surface area contributed by atoms with Crippen LogP contribution in [0.3, 0.4) is 0 Å². The van der Waals surface area contributed by atoms with E-state index in [2.05, 4.69) is 10.0 Å². The van der Waals surface area contributed by atoms with E-state index in [1.54, 1.807) is 17.4 Å². The fourth-order valence-corrected chi connectivity index (χ4v) is 4.01. The lowest BCUT2D eigenvalue weighted by Crippen LogP contribution is -2.24. The van der Waals surface area contributed by atoms with Crippen LogP contribution >= 0.6 is 11.3 Å². The zero-order chi connectivity index (χ0) is 15.3. The zero-order valence-corrected chi connectivity index (χ0v) is 13.9. The Morgan fingerprint density at radius 2 is 2.00 bits per heavy atom. The molecule has 0 bridgehead atoms. The van der Waals surface area contributed by atoms with Crippen LogP contribution in [0.15, 0.2) is 40.6 Å². The largest absolute Gasteiger partial charge is 0.313 e. The minimum atomic E-state index is -3.49. The average molecular weight is 324 g/mol. The second-order valence-electron chi connectivity index (χ2n) is 4.78. The van der Waals surface area contributed by atoms with Gasteiger partial charge in [-0.3, -0.25) is 0 Å². The van der Waals surface area contributed by atoms with Crippen LogP contribution in [0.2, 0.25) is 0 Å². The van der Waals surface area contributed by atoms with Gasteiger partial charge in [-0.2, -0.15) is 0 Å². The summed E-state index contributed by atoms with van der Waals surface area (Å²) >= 11 is 1.54. The van der Waals surface area contributed by atoms with Crippen LogP contribution in [-0.2, 0) is 23.1 Å². The van der Waals surface area contributed by atoms with Crippen molar-refractivity contribution in [1.82, 2.24) is 10.0 Å². The number of hydrogen-bond acceptors (Lipinski definition) is 4. The molecule has 4 nitrogen and oxygen atoms in total. The Hall–Kier alpha value is -1.21. The number of aryl methyl sites for hydroxylation is 1. The van der Waals surface area contributed by atoms with Crippen LogP contribution in [0.4, 0.5) is 0 Å². The molecule has 21 heavy (non-hydrogen) atoms. The van der Waals surface area contributed by atoms with Crippen molar-refractivity contribution < 1.29 is 8.42 Å². The topological polar surface area (TPSA) is 58.2 Å². The molecule has 0 aliphatic carbocycles. The molecule has 114 valence electrons. The molecule has 0 radical (unpaired) electrons. The first-order valence-corrected chi connectivity index (χ1v) is 9.21. The van der Waals surface area contributed by atoms with Crippen LogP contribution in [0.1, 0.15) is 22.9 Å². The monoisotopic (exact) mass is 324 g/mol. The van der Waals surface area contributed by atoms with Gasteiger partial charge in [-0.15, -0.1) is 11.3 Å². The van der Waals surface area contributed by atoms with Gasteiger partial charge in [-0.1, -0.05) is 25.1 Å². The third-order valence-corrected chi connectivity index (χ3v) is 5.56. The maximum atomic E-state index is 12.4. The van der Waals surface area contributed by atoms with Crippen molar-refractivity contribution in [3.05, 3.63) is 51.7 Å². The summed E-state index contributed by atoms with van der Waals surface area (Å²) in [6.07, 6.45) is 0. The van der Waals surface area contributed by atoms with Gasteiger partial charge in [0.05, 0.1) is 4.90 Å². The number of nitrogens with one attached hydrogen (secondary N) is 2. The molecule has 1 heterocycles. The van der Waals surface area contributed by atoms with Gasteiger partial charge in [0.25, 0.3) is 0 Å².